The second kappa shape index (κ2) is 6.10. The van der Waals surface area contributed by atoms with Gasteiger partial charge in [-0.15, -0.1) is 0 Å². The summed E-state index contributed by atoms with van der Waals surface area (Å²) in [7, 11) is 1.68. The van der Waals surface area contributed by atoms with Crippen LogP contribution in [-0.4, -0.2) is 17.9 Å². The van der Waals surface area contributed by atoms with Gasteiger partial charge in [-0.05, 0) is 24.5 Å². The van der Waals surface area contributed by atoms with Crippen molar-refractivity contribution in [2.45, 2.75) is 19.3 Å². The van der Waals surface area contributed by atoms with Crippen LogP contribution in [0.1, 0.15) is 18.4 Å². The number of aryl methyl sites for hydroxylation is 1. The predicted octanol–water partition coefficient (Wildman–Crippen LogP) is 0.655. The number of pyridine rings is 1. The number of amides is 1. The van der Waals surface area contributed by atoms with E-state index in [0.29, 0.717) is 6.42 Å². The first-order valence-electron chi connectivity index (χ1n) is 4.67. The standard InChI is InChI=1S/C10H15N3O/c1-11-13-10(14)6-2-4-9-5-3-7-12-8-9/h3,5,7-8,11H,2,4,6H2,1H3,(H,13,14). The van der Waals surface area contributed by atoms with E-state index in [4.69, 9.17) is 0 Å². The van der Waals surface area contributed by atoms with Gasteiger partial charge in [0.1, 0.15) is 0 Å². The number of nitrogens with one attached hydrogen (secondary N) is 2. The lowest BCUT2D eigenvalue weighted by atomic mass is 10.1. The molecule has 0 bridgehead atoms. The van der Waals surface area contributed by atoms with Crippen LogP contribution in [0.4, 0.5) is 0 Å². The highest BCUT2D eigenvalue weighted by atomic mass is 16.2. The van der Waals surface area contributed by atoms with Gasteiger partial charge in [0, 0.05) is 25.9 Å². The average Bonchev–Trinajstić information content (AvgIpc) is 2.20. The molecule has 1 rings (SSSR count). The molecule has 2 N–H and O–H groups in total. The fraction of sp³-hybridized carbons (Fsp3) is 0.400. The van der Waals surface area contributed by atoms with Gasteiger partial charge >= 0.3 is 0 Å². The Morgan fingerprint density at radius 2 is 2.43 bits per heavy atom. The van der Waals surface area contributed by atoms with Crippen molar-refractivity contribution in [2.75, 3.05) is 7.05 Å². The number of carbonyl (C=O) groups excluding carboxylic acids is 1. The van der Waals surface area contributed by atoms with E-state index < -0.39 is 0 Å². The summed E-state index contributed by atoms with van der Waals surface area (Å²) < 4.78 is 0. The van der Waals surface area contributed by atoms with Gasteiger partial charge in [-0.2, -0.15) is 0 Å². The van der Waals surface area contributed by atoms with E-state index in [1.165, 1.54) is 5.56 Å². The highest BCUT2D eigenvalue weighted by molar-refractivity contribution is 5.75. The van der Waals surface area contributed by atoms with E-state index in [1.54, 1.807) is 13.2 Å². The number of hydrogen-bond acceptors (Lipinski definition) is 3. The zero-order valence-electron chi connectivity index (χ0n) is 8.29. The van der Waals surface area contributed by atoms with Crippen LogP contribution in [0.5, 0.6) is 0 Å². The summed E-state index contributed by atoms with van der Waals surface area (Å²) in [6.07, 6.45) is 5.85. The Hall–Kier alpha value is -1.42. The zero-order valence-corrected chi connectivity index (χ0v) is 8.29. The first-order valence-corrected chi connectivity index (χ1v) is 4.67. The number of rotatable bonds is 5. The van der Waals surface area contributed by atoms with Crippen molar-refractivity contribution < 1.29 is 4.79 Å². The Labute approximate surface area is 83.7 Å². The van der Waals surface area contributed by atoms with Crippen LogP contribution in [0.15, 0.2) is 24.5 Å². The summed E-state index contributed by atoms with van der Waals surface area (Å²) in [5, 5.41) is 0. The van der Waals surface area contributed by atoms with E-state index in [0.717, 1.165) is 12.8 Å². The highest BCUT2D eigenvalue weighted by Crippen LogP contribution is 2.02. The third-order valence-electron chi connectivity index (χ3n) is 1.86. The van der Waals surface area contributed by atoms with Crippen molar-refractivity contribution in [2.24, 2.45) is 0 Å². The van der Waals surface area contributed by atoms with Gasteiger partial charge in [-0.3, -0.25) is 15.2 Å². The lowest BCUT2D eigenvalue weighted by Crippen LogP contribution is -2.33. The van der Waals surface area contributed by atoms with E-state index in [-0.39, 0.29) is 5.91 Å². The Balaban J connectivity index is 2.19. The number of hydrogen-bond donors (Lipinski definition) is 2. The molecule has 0 aliphatic rings. The summed E-state index contributed by atoms with van der Waals surface area (Å²) in [4.78, 5) is 15.0. The van der Waals surface area contributed by atoms with Crippen molar-refractivity contribution >= 4 is 5.91 Å². The molecule has 1 aromatic heterocycles. The van der Waals surface area contributed by atoms with Crippen LogP contribution in [0.3, 0.4) is 0 Å². The molecule has 76 valence electrons. The Morgan fingerprint density at radius 1 is 1.57 bits per heavy atom. The highest BCUT2D eigenvalue weighted by Gasteiger charge is 1.99. The fourth-order valence-electron chi connectivity index (χ4n) is 1.20. The minimum atomic E-state index is 0.0244. The molecular weight excluding hydrogens is 178 g/mol. The molecule has 0 aliphatic heterocycles. The molecule has 1 amide bonds. The van der Waals surface area contributed by atoms with Crippen LogP contribution in [0.25, 0.3) is 0 Å². The summed E-state index contributed by atoms with van der Waals surface area (Å²) in [5.41, 5.74) is 6.30. The van der Waals surface area contributed by atoms with E-state index in [2.05, 4.69) is 15.8 Å². The SMILES string of the molecule is CNNC(=O)CCCc1cccnc1. The van der Waals surface area contributed by atoms with E-state index >= 15 is 0 Å². The summed E-state index contributed by atoms with van der Waals surface area (Å²) in [6.45, 7) is 0. The largest absolute Gasteiger partial charge is 0.292 e. The minimum Gasteiger partial charge on any atom is -0.292 e. The van der Waals surface area contributed by atoms with Crippen molar-refractivity contribution in [1.29, 1.82) is 0 Å². The van der Waals surface area contributed by atoms with Crippen LogP contribution in [0.2, 0.25) is 0 Å². The predicted molar refractivity (Wildman–Crippen MR) is 54.4 cm³/mol. The second-order valence-electron chi connectivity index (χ2n) is 3.01. The molecule has 0 unspecified atom stereocenters. The topological polar surface area (TPSA) is 54.0 Å². The van der Waals surface area contributed by atoms with Gasteiger partial charge < -0.3 is 0 Å². The van der Waals surface area contributed by atoms with Crippen molar-refractivity contribution in [3.05, 3.63) is 30.1 Å². The average molecular weight is 193 g/mol. The molecule has 0 spiro atoms. The zero-order chi connectivity index (χ0) is 10.2. The van der Waals surface area contributed by atoms with E-state index in [9.17, 15) is 4.79 Å². The molecule has 1 aromatic rings. The molecule has 0 fully saturated rings. The van der Waals surface area contributed by atoms with Gasteiger partial charge in [0.25, 0.3) is 0 Å². The van der Waals surface area contributed by atoms with Gasteiger partial charge in [-0.1, -0.05) is 6.07 Å². The number of aromatic nitrogens is 1. The summed E-state index contributed by atoms with van der Waals surface area (Å²) in [6, 6.07) is 3.92. The van der Waals surface area contributed by atoms with Gasteiger partial charge in [0.2, 0.25) is 5.91 Å². The molecule has 14 heavy (non-hydrogen) atoms. The maximum atomic E-state index is 11.0. The van der Waals surface area contributed by atoms with Crippen LogP contribution in [0, 0.1) is 0 Å². The number of carbonyl (C=O) groups is 1. The maximum absolute atomic E-state index is 11.0. The van der Waals surface area contributed by atoms with Gasteiger partial charge in [-0.25, -0.2) is 5.43 Å². The smallest absolute Gasteiger partial charge is 0.234 e. The Bertz CT molecular complexity index is 274. The van der Waals surface area contributed by atoms with Gasteiger partial charge in [0.05, 0.1) is 0 Å². The van der Waals surface area contributed by atoms with Crippen molar-refractivity contribution in [3.8, 4) is 0 Å². The molecule has 4 nitrogen and oxygen atoms in total. The lowest BCUT2D eigenvalue weighted by Gasteiger charge is -2.02. The molecule has 0 atom stereocenters. The molecule has 0 saturated heterocycles. The quantitative estimate of drug-likeness (QED) is 0.675. The Morgan fingerprint density at radius 3 is 3.07 bits per heavy atom. The fourth-order valence-corrected chi connectivity index (χ4v) is 1.20. The molecular formula is C10H15N3O. The van der Waals surface area contributed by atoms with Crippen molar-refractivity contribution in [1.82, 2.24) is 15.8 Å². The Kier molecular flexibility index (Phi) is 4.64. The van der Waals surface area contributed by atoms with Crippen LogP contribution < -0.4 is 10.9 Å². The monoisotopic (exact) mass is 193 g/mol. The molecule has 4 heteroatoms. The number of hydrazine groups is 1. The number of nitrogens with zero attached hydrogens (tertiary/aromatic N) is 1. The molecule has 0 aromatic carbocycles. The first kappa shape index (κ1) is 10.7. The molecule has 1 heterocycles. The molecule has 0 aliphatic carbocycles. The molecule has 0 saturated carbocycles. The summed E-state index contributed by atoms with van der Waals surface area (Å²) in [5.74, 6) is 0.0244. The van der Waals surface area contributed by atoms with Gasteiger partial charge in [0.15, 0.2) is 0 Å². The second-order valence-corrected chi connectivity index (χ2v) is 3.01. The van der Waals surface area contributed by atoms with Crippen LogP contribution in [-0.2, 0) is 11.2 Å². The van der Waals surface area contributed by atoms with Crippen molar-refractivity contribution in [3.63, 3.8) is 0 Å². The normalized spacial score (nSPS) is 9.79. The molecule has 0 radical (unpaired) electrons. The summed E-state index contributed by atoms with van der Waals surface area (Å²) >= 11 is 0. The van der Waals surface area contributed by atoms with E-state index in [1.807, 2.05) is 18.3 Å². The maximum Gasteiger partial charge on any atom is 0.234 e. The first-order chi connectivity index (χ1) is 6.83. The third-order valence-corrected chi connectivity index (χ3v) is 1.86. The minimum absolute atomic E-state index is 0.0244. The van der Waals surface area contributed by atoms with Crippen LogP contribution >= 0.6 is 0 Å². The third kappa shape index (κ3) is 4.00. The lowest BCUT2D eigenvalue weighted by molar-refractivity contribution is -0.122.